The molecular weight excluding hydrogens is 378 g/mol. The van der Waals surface area contributed by atoms with Crippen LogP contribution in [0.2, 0.25) is 0 Å². The number of methoxy groups -OCH3 is 3. The minimum absolute atomic E-state index is 0.0544. The zero-order valence-corrected chi connectivity index (χ0v) is 16.3. The van der Waals surface area contributed by atoms with Crippen molar-refractivity contribution >= 4 is 21.7 Å². The Balaban J connectivity index is 1.89. The van der Waals surface area contributed by atoms with Gasteiger partial charge in [-0.3, -0.25) is 9.59 Å². The molecule has 10 heteroatoms. The van der Waals surface area contributed by atoms with E-state index < -0.39 is 34.4 Å². The van der Waals surface area contributed by atoms with Gasteiger partial charge < -0.3 is 24.3 Å². The molecule has 1 heterocycles. The normalized spacial score (nSPS) is 17.8. The van der Waals surface area contributed by atoms with Gasteiger partial charge >= 0.3 is 5.97 Å². The van der Waals surface area contributed by atoms with Gasteiger partial charge in [-0.15, -0.1) is 0 Å². The molecule has 1 saturated heterocycles. The molecule has 150 valence electrons. The second kappa shape index (κ2) is 8.94. The van der Waals surface area contributed by atoms with E-state index in [2.05, 4.69) is 5.32 Å². The molecule has 0 saturated carbocycles. The maximum atomic E-state index is 12.0. The summed E-state index contributed by atoms with van der Waals surface area (Å²) in [4.78, 5) is 23.8. The van der Waals surface area contributed by atoms with Crippen LogP contribution in [-0.2, 0) is 30.6 Å². The molecule has 0 aliphatic carbocycles. The molecule has 1 aromatic rings. The molecule has 0 bridgehead atoms. The lowest BCUT2D eigenvalue weighted by atomic mass is 10.1. The average molecular weight is 401 g/mol. The Morgan fingerprint density at radius 2 is 1.74 bits per heavy atom. The molecule has 27 heavy (non-hydrogen) atoms. The van der Waals surface area contributed by atoms with E-state index in [0.29, 0.717) is 29.2 Å². The summed E-state index contributed by atoms with van der Waals surface area (Å²) in [7, 11) is 1.32. The second-order valence-corrected chi connectivity index (χ2v) is 8.27. The summed E-state index contributed by atoms with van der Waals surface area (Å²) in [5.74, 6) is 0.0354. The Morgan fingerprint density at radius 1 is 1.11 bits per heavy atom. The highest BCUT2D eigenvalue weighted by Crippen LogP contribution is 2.38. The maximum absolute atomic E-state index is 12.0. The molecule has 1 aromatic carbocycles. The summed E-state index contributed by atoms with van der Waals surface area (Å²) in [5.41, 5.74) is 0.566. The fraction of sp³-hybridized carbons (Fsp3) is 0.529. The fourth-order valence-corrected chi connectivity index (χ4v) is 4.45. The average Bonchev–Trinajstić information content (AvgIpc) is 2.97. The predicted octanol–water partition coefficient (Wildman–Crippen LogP) is 0.101. The lowest BCUT2D eigenvalue weighted by molar-refractivity contribution is -0.148. The minimum atomic E-state index is -3.09. The van der Waals surface area contributed by atoms with Crippen molar-refractivity contribution in [3.63, 3.8) is 0 Å². The smallest absolute Gasteiger partial charge is 0.310 e. The number of rotatable bonds is 8. The van der Waals surface area contributed by atoms with Crippen molar-refractivity contribution in [3.8, 4) is 17.2 Å². The van der Waals surface area contributed by atoms with Crippen LogP contribution in [0, 0.1) is 0 Å². The first kappa shape index (κ1) is 20.8. The Kier molecular flexibility index (Phi) is 6.89. The first-order chi connectivity index (χ1) is 12.8. The van der Waals surface area contributed by atoms with Crippen LogP contribution in [-0.4, -0.2) is 65.8 Å². The fourth-order valence-electron chi connectivity index (χ4n) is 2.78. The number of ether oxygens (including phenoxy) is 4. The van der Waals surface area contributed by atoms with Gasteiger partial charge in [0.2, 0.25) is 5.75 Å². The highest BCUT2D eigenvalue weighted by molar-refractivity contribution is 7.91. The summed E-state index contributed by atoms with van der Waals surface area (Å²) in [6.07, 6.45) is 0.273. The molecule has 1 N–H and O–H groups in total. The summed E-state index contributed by atoms with van der Waals surface area (Å²) in [6.45, 7) is -0.472. The van der Waals surface area contributed by atoms with Gasteiger partial charge in [-0.2, -0.15) is 0 Å². The van der Waals surface area contributed by atoms with E-state index in [9.17, 15) is 18.0 Å². The highest BCUT2D eigenvalue weighted by atomic mass is 32.2. The molecule has 0 unspecified atom stereocenters. The molecule has 1 aliphatic heterocycles. The van der Waals surface area contributed by atoms with E-state index in [1.165, 1.54) is 21.3 Å². The number of nitrogens with one attached hydrogen (secondary N) is 1. The minimum Gasteiger partial charge on any atom is -0.493 e. The van der Waals surface area contributed by atoms with Gasteiger partial charge in [0.05, 0.1) is 39.3 Å². The predicted molar refractivity (Wildman–Crippen MR) is 96.0 cm³/mol. The monoisotopic (exact) mass is 401 g/mol. The van der Waals surface area contributed by atoms with Crippen molar-refractivity contribution in [1.82, 2.24) is 5.32 Å². The Hall–Kier alpha value is -2.49. The lowest BCUT2D eigenvalue weighted by Gasteiger charge is -2.14. The quantitative estimate of drug-likeness (QED) is 0.610. The third-order valence-corrected chi connectivity index (χ3v) is 5.80. The van der Waals surface area contributed by atoms with Crippen molar-refractivity contribution in [1.29, 1.82) is 0 Å². The molecule has 0 spiro atoms. The standard InChI is InChI=1S/C17H23NO8S/c1-23-13-6-11(7-14(24-2)17(13)25-3)8-16(20)26-9-15(19)18-12-4-5-27(21,22)10-12/h6-7,12H,4-5,8-10H2,1-3H3,(H,18,19)/t12-/m1/s1. The van der Waals surface area contributed by atoms with Crippen LogP contribution >= 0.6 is 0 Å². The third kappa shape index (κ3) is 5.75. The number of amides is 1. The van der Waals surface area contributed by atoms with Gasteiger partial charge in [0, 0.05) is 6.04 Å². The highest BCUT2D eigenvalue weighted by Gasteiger charge is 2.29. The molecule has 1 fully saturated rings. The van der Waals surface area contributed by atoms with Crippen LogP contribution < -0.4 is 19.5 Å². The van der Waals surface area contributed by atoms with Crippen LogP contribution in [0.1, 0.15) is 12.0 Å². The first-order valence-corrected chi connectivity index (χ1v) is 10.0. The number of hydrogen-bond acceptors (Lipinski definition) is 8. The number of carbonyl (C=O) groups is 2. The largest absolute Gasteiger partial charge is 0.493 e. The summed E-state index contributed by atoms with van der Waals surface area (Å²) < 4.78 is 43.4. The number of hydrogen-bond donors (Lipinski definition) is 1. The number of carbonyl (C=O) groups excluding carboxylic acids is 2. The maximum Gasteiger partial charge on any atom is 0.310 e. The van der Waals surface area contributed by atoms with Crippen LogP contribution in [0.3, 0.4) is 0 Å². The van der Waals surface area contributed by atoms with Crippen LogP contribution in [0.15, 0.2) is 12.1 Å². The Bertz CT molecular complexity index is 780. The van der Waals surface area contributed by atoms with Crippen molar-refractivity contribution in [2.75, 3.05) is 39.4 Å². The van der Waals surface area contributed by atoms with Crippen LogP contribution in [0.5, 0.6) is 17.2 Å². The SMILES string of the molecule is COc1cc(CC(=O)OCC(=O)N[C@@H]2CCS(=O)(=O)C2)cc(OC)c1OC. The zero-order chi connectivity index (χ0) is 20.0. The molecule has 2 rings (SSSR count). The number of sulfone groups is 1. The Morgan fingerprint density at radius 3 is 2.22 bits per heavy atom. The lowest BCUT2D eigenvalue weighted by Crippen LogP contribution is -2.38. The van der Waals surface area contributed by atoms with Gasteiger partial charge in [-0.25, -0.2) is 8.42 Å². The number of esters is 1. The van der Waals surface area contributed by atoms with E-state index >= 15 is 0 Å². The van der Waals surface area contributed by atoms with Gasteiger partial charge in [0.1, 0.15) is 0 Å². The van der Waals surface area contributed by atoms with Crippen molar-refractivity contribution in [2.45, 2.75) is 18.9 Å². The van der Waals surface area contributed by atoms with E-state index in [-0.39, 0.29) is 17.9 Å². The summed E-state index contributed by atoms with van der Waals surface area (Å²) in [6, 6.07) is 2.80. The zero-order valence-electron chi connectivity index (χ0n) is 15.4. The third-order valence-electron chi connectivity index (χ3n) is 4.03. The summed E-state index contributed by atoms with van der Waals surface area (Å²) >= 11 is 0. The molecule has 1 amide bonds. The van der Waals surface area contributed by atoms with Gasteiger partial charge in [-0.1, -0.05) is 0 Å². The van der Waals surface area contributed by atoms with Crippen LogP contribution in [0.4, 0.5) is 0 Å². The molecule has 1 atom stereocenters. The van der Waals surface area contributed by atoms with E-state index in [1.807, 2.05) is 0 Å². The summed E-state index contributed by atoms with van der Waals surface area (Å²) in [5, 5.41) is 2.55. The second-order valence-electron chi connectivity index (χ2n) is 6.04. The van der Waals surface area contributed by atoms with E-state index in [1.54, 1.807) is 12.1 Å². The van der Waals surface area contributed by atoms with Gasteiger partial charge in [-0.05, 0) is 24.1 Å². The topological polar surface area (TPSA) is 117 Å². The van der Waals surface area contributed by atoms with E-state index in [4.69, 9.17) is 18.9 Å². The van der Waals surface area contributed by atoms with Gasteiger partial charge in [0.15, 0.2) is 27.9 Å². The number of benzene rings is 1. The van der Waals surface area contributed by atoms with Crippen LogP contribution in [0.25, 0.3) is 0 Å². The van der Waals surface area contributed by atoms with Crippen molar-refractivity contribution in [3.05, 3.63) is 17.7 Å². The molecule has 1 aliphatic rings. The molecule has 0 aromatic heterocycles. The van der Waals surface area contributed by atoms with E-state index in [0.717, 1.165) is 0 Å². The first-order valence-electron chi connectivity index (χ1n) is 8.22. The molecular formula is C17H23NO8S. The molecule has 0 radical (unpaired) electrons. The van der Waals surface area contributed by atoms with Gasteiger partial charge in [0.25, 0.3) is 5.91 Å². The van der Waals surface area contributed by atoms with Crippen molar-refractivity contribution < 1.29 is 37.0 Å². The Labute approximate surface area is 157 Å². The molecule has 9 nitrogen and oxygen atoms in total. The van der Waals surface area contributed by atoms with Crippen molar-refractivity contribution in [2.24, 2.45) is 0 Å².